The molecule has 0 amide bonds. The third kappa shape index (κ3) is 2.95. The van der Waals surface area contributed by atoms with Gasteiger partial charge in [-0.05, 0) is 39.2 Å². The van der Waals surface area contributed by atoms with E-state index in [1.165, 1.54) is 31.4 Å². The average Bonchev–Trinajstić information content (AvgIpc) is 2.78. The topological polar surface area (TPSA) is 37.0 Å². The Bertz CT molecular complexity index is 316. The van der Waals surface area contributed by atoms with Crippen LogP contribution in [0.5, 0.6) is 0 Å². The van der Waals surface area contributed by atoms with Crippen molar-refractivity contribution < 1.29 is 0 Å². The van der Waals surface area contributed by atoms with Crippen LogP contribution in [0.2, 0.25) is 0 Å². The molecular weight excluding hydrogens is 218 g/mol. The van der Waals surface area contributed by atoms with Crippen LogP contribution in [-0.2, 0) is 6.42 Å². The molecule has 0 unspecified atom stereocenters. The molecule has 16 heavy (non-hydrogen) atoms. The van der Waals surface area contributed by atoms with Gasteiger partial charge in [0.25, 0.3) is 0 Å². The van der Waals surface area contributed by atoms with Gasteiger partial charge in [0.1, 0.15) is 0 Å². The summed E-state index contributed by atoms with van der Waals surface area (Å²) in [6.45, 7) is 2.15. The molecule has 1 aromatic rings. The van der Waals surface area contributed by atoms with Gasteiger partial charge in [-0.3, -0.25) is 0 Å². The molecule has 1 aliphatic rings. The number of rotatable bonds is 4. The van der Waals surface area contributed by atoms with Crippen molar-refractivity contribution in [3.63, 3.8) is 0 Å². The lowest BCUT2D eigenvalue weighted by Crippen LogP contribution is -2.34. The van der Waals surface area contributed by atoms with E-state index in [1.54, 1.807) is 11.3 Å². The average molecular weight is 239 g/mol. The lowest BCUT2D eigenvalue weighted by Gasteiger charge is -2.28. The smallest absolute Gasteiger partial charge is 0.183 e. The van der Waals surface area contributed by atoms with Crippen LogP contribution in [-0.4, -0.2) is 24.1 Å². The van der Waals surface area contributed by atoms with E-state index in [0.717, 1.165) is 17.6 Å². The molecule has 2 rings (SSSR count). The van der Waals surface area contributed by atoms with Gasteiger partial charge in [0.15, 0.2) is 5.13 Å². The first-order valence-electron chi connectivity index (χ1n) is 6.20. The Morgan fingerprint density at radius 3 is 2.56 bits per heavy atom. The summed E-state index contributed by atoms with van der Waals surface area (Å²) >= 11 is 1.74. The molecular formula is C12H21N3S. The van der Waals surface area contributed by atoms with Crippen LogP contribution >= 0.6 is 11.3 Å². The van der Waals surface area contributed by atoms with Gasteiger partial charge in [-0.25, -0.2) is 4.98 Å². The first-order valence-corrected chi connectivity index (χ1v) is 7.08. The van der Waals surface area contributed by atoms with Gasteiger partial charge in [-0.1, -0.05) is 6.92 Å². The molecule has 3 nitrogen and oxygen atoms in total. The van der Waals surface area contributed by atoms with Crippen LogP contribution in [0.15, 0.2) is 5.38 Å². The third-order valence-electron chi connectivity index (χ3n) is 3.38. The minimum atomic E-state index is 0.625. The summed E-state index contributed by atoms with van der Waals surface area (Å²) in [5, 5.41) is 10.2. The van der Waals surface area contributed by atoms with E-state index >= 15 is 0 Å². The lowest BCUT2D eigenvalue weighted by atomic mass is 9.91. The zero-order valence-electron chi connectivity index (χ0n) is 10.1. The van der Waals surface area contributed by atoms with Crippen LogP contribution in [0.3, 0.4) is 0 Å². The second kappa shape index (κ2) is 5.64. The lowest BCUT2D eigenvalue weighted by molar-refractivity contribution is 0.371. The normalized spacial score (nSPS) is 25.6. The zero-order valence-corrected chi connectivity index (χ0v) is 10.9. The second-order valence-corrected chi connectivity index (χ2v) is 5.34. The number of anilines is 1. The van der Waals surface area contributed by atoms with E-state index in [0.29, 0.717) is 6.04 Å². The highest BCUT2D eigenvalue weighted by Gasteiger charge is 2.20. The molecule has 0 spiro atoms. The monoisotopic (exact) mass is 239 g/mol. The van der Waals surface area contributed by atoms with Gasteiger partial charge in [0, 0.05) is 17.5 Å². The van der Waals surface area contributed by atoms with E-state index < -0.39 is 0 Å². The Labute approximate surface area is 102 Å². The number of nitrogens with zero attached hydrogens (tertiary/aromatic N) is 1. The molecule has 0 aliphatic heterocycles. The maximum Gasteiger partial charge on any atom is 0.183 e. The predicted octanol–water partition coefficient (Wildman–Crippen LogP) is 2.65. The predicted molar refractivity (Wildman–Crippen MR) is 70.2 cm³/mol. The Balaban J connectivity index is 1.82. The van der Waals surface area contributed by atoms with Crippen molar-refractivity contribution in [2.75, 3.05) is 12.4 Å². The van der Waals surface area contributed by atoms with Crippen molar-refractivity contribution in [3.8, 4) is 0 Å². The Kier molecular flexibility index (Phi) is 4.18. The third-order valence-corrected chi connectivity index (χ3v) is 4.20. The molecule has 0 radical (unpaired) electrons. The van der Waals surface area contributed by atoms with Crippen molar-refractivity contribution in [1.29, 1.82) is 0 Å². The van der Waals surface area contributed by atoms with E-state index in [1.807, 2.05) is 0 Å². The SMILES string of the molecule is CCc1csc(NC2CCC(NC)CC2)n1. The molecule has 0 bridgehead atoms. The van der Waals surface area contributed by atoms with E-state index in [4.69, 9.17) is 0 Å². The Morgan fingerprint density at radius 2 is 2.00 bits per heavy atom. The highest BCUT2D eigenvalue weighted by Crippen LogP contribution is 2.24. The Morgan fingerprint density at radius 1 is 1.31 bits per heavy atom. The number of hydrogen-bond acceptors (Lipinski definition) is 4. The van der Waals surface area contributed by atoms with E-state index in [9.17, 15) is 0 Å². The summed E-state index contributed by atoms with van der Waals surface area (Å²) in [7, 11) is 2.06. The maximum absolute atomic E-state index is 4.55. The maximum atomic E-state index is 4.55. The molecule has 0 atom stereocenters. The highest BCUT2D eigenvalue weighted by atomic mass is 32.1. The number of nitrogens with one attached hydrogen (secondary N) is 2. The Hall–Kier alpha value is -0.610. The first kappa shape index (κ1) is 11.9. The standard InChI is InChI=1S/C12H21N3S/c1-3-9-8-16-12(14-9)15-11-6-4-10(13-2)5-7-11/h8,10-11,13H,3-7H2,1-2H3,(H,14,15). The van der Waals surface area contributed by atoms with Gasteiger partial charge in [0.05, 0.1) is 5.69 Å². The number of aromatic nitrogens is 1. The van der Waals surface area contributed by atoms with Gasteiger partial charge < -0.3 is 10.6 Å². The van der Waals surface area contributed by atoms with Gasteiger partial charge in [0.2, 0.25) is 0 Å². The zero-order chi connectivity index (χ0) is 11.4. The largest absolute Gasteiger partial charge is 0.359 e. The van der Waals surface area contributed by atoms with Crippen molar-refractivity contribution >= 4 is 16.5 Å². The van der Waals surface area contributed by atoms with E-state index in [-0.39, 0.29) is 0 Å². The summed E-state index contributed by atoms with van der Waals surface area (Å²) in [4.78, 5) is 4.55. The fourth-order valence-corrected chi connectivity index (χ4v) is 3.11. The summed E-state index contributed by atoms with van der Waals surface area (Å²) in [5.41, 5.74) is 1.21. The van der Waals surface area contributed by atoms with Crippen molar-refractivity contribution in [3.05, 3.63) is 11.1 Å². The minimum Gasteiger partial charge on any atom is -0.359 e. The number of aryl methyl sites for hydroxylation is 1. The fraction of sp³-hybridized carbons (Fsp3) is 0.750. The molecule has 1 aliphatic carbocycles. The molecule has 1 saturated carbocycles. The van der Waals surface area contributed by atoms with Gasteiger partial charge in [-0.2, -0.15) is 0 Å². The molecule has 0 saturated heterocycles. The quantitative estimate of drug-likeness (QED) is 0.848. The number of hydrogen-bond donors (Lipinski definition) is 2. The highest BCUT2D eigenvalue weighted by molar-refractivity contribution is 7.13. The fourth-order valence-electron chi connectivity index (χ4n) is 2.24. The summed E-state index contributed by atoms with van der Waals surface area (Å²) in [5.74, 6) is 0. The van der Waals surface area contributed by atoms with Crippen LogP contribution < -0.4 is 10.6 Å². The molecule has 90 valence electrons. The molecule has 1 fully saturated rings. The molecule has 1 heterocycles. The number of thiazole rings is 1. The summed E-state index contributed by atoms with van der Waals surface area (Å²) in [6.07, 6.45) is 6.10. The van der Waals surface area contributed by atoms with Crippen LogP contribution in [0.4, 0.5) is 5.13 Å². The first-order chi connectivity index (χ1) is 7.81. The van der Waals surface area contributed by atoms with Crippen LogP contribution in [0.1, 0.15) is 38.3 Å². The van der Waals surface area contributed by atoms with Gasteiger partial charge >= 0.3 is 0 Å². The van der Waals surface area contributed by atoms with Crippen molar-refractivity contribution in [1.82, 2.24) is 10.3 Å². The summed E-state index contributed by atoms with van der Waals surface area (Å²) < 4.78 is 0. The van der Waals surface area contributed by atoms with Crippen LogP contribution in [0.25, 0.3) is 0 Å². The molecule has 2 N–H and O–H groups in total. The van der Waals surface area contributed by atoms with Crippen molar-refractivity contribution in [2.45, 2.75) is 51.1 Å². The molecule has 4 heteroatoms. The van der Waals surface area contributed by atoms with Crippen molar-refractivity contribution in [2.24, 2.45) is 0 Å². The van der Waals surface area contributed by atoms with E-state index in [2.05, 4.69) is 35.0 Å². The molecule has 0 aromatic carbocycles. The minimum absolute atomic E-state index is 0.625. The second-order valence-electron chi connectivity index (χ2n) is 4.48. The van der Waals surface area contributed by atoms with Crippen LogP contribution in [0, 0.1) is 0 Å². The summed E-state index contributed by atoms with van der Waals surface area (Å²) in [6, 6.07) is 1.35. The molecule has 1 aromatic heterocycles. The van der Waals surface area contributed by atoms with Gasteiger partial charge in [-0.15, -0.1) is 11.3 Å².